The Balaban J connectivity index is 2.83. The van der Waals surface area contributed by atoms with Crippen LogP contribution in [0.5, 0.6) is 0 Å². The topological polar surface area (TPSA) is 12.9 Å². The van der Waals surface area contributed by atoms with Crippen LogP contribution < -0.4 is 0 Å². The lowest BCUT2D eigenvalue weighted by Crippen LogP contribution is -1.86. The number of nitrogens with zero attached hydrogens (tertiary/aromatic N) is 1. The number of fused-ring (bicyclic) bond motifs is 1. The third kappa shape index (κ3) is 1.33. The minimum absolute atomic E-state index is 0.998. The van der Waals surface area contributed by atoms with E-state index in [0.29, 0.717) is 0 Å². The van der Waals surface area contributed by atoms with Crippen LogP contribution in [0.15, 0.2) is 43.1 Å². The van der Waals surface area contributed by atoms with Gasteiger partial charge in [-0.15, -0.1) is 0 Å². The fraction of sp³-hybridized carbons (Fsp3) is 0.0833. The van der Waals surface area contributed by atoms with Gasteiger partial charge in [-0.1, -0.05) is 30.8 Å². The molecule has 2 aromatic rings. The van der Waals surface area contributed by atoms with E-state index >= 15 is 0 Å². The Morgan fingerprint density at radius 2 is 2.00 bits per heavy atom. The molecular weight excluding hydrogens is 158 g/mol. The first-order valence-corrected chi connectivity index (χ1v) is 4.28. The Hall–Kier alpha value is -1.63. The lowest BCUT2D eigenvalue weighted by Gasteiger charge is -2.03. The molecule has 2 rings (SSSR count). The molecule has 0 aliphatic carbocycles. The lowest BCUT2D eigenvalue weighted by molar-refractivity contribution is 1.30. The van der Waals surface area contributed by atoms with Crippen molar-refractivity contribution < 1.29 is 0 Å². The van der Waals surface area contributed by atoms with Crippen LogP contribution in [0.1, 0.15) is 12.6 Å². The van der Waals surface area contributed by atoms with Gasteiger partial charge in [0.15, 0.2) is 0 Å². The van der Waals surface area contributed by atoms with Gasteiger partial charge in [0.05, 0.1) is 5.69 Å². The van der Waals surface area contributed by atoms with Crippen molar-refractivity contribution in [1.29, 1.82) is 0 Å². The van der Waals surface area contributed by atoms with Crippen LogP contribution in [0.2, 0.25) is 0 Å². The van der Waals surface area contributed by atoms with Crippen LogP contribution >= 0.6 is 0 Å². The molecule has 0 aliphatic heterocycles. The highest BCUT2D eigenvalue weighted by Crippen LogP contribution is 2.20. The molecule has 0 saturated carbocycles. The predicted octanol–water partition coefficient (Wildman–Crippen LogP) is 3.27. The largest absolute Gasteiger partial charge is 0.256 e. The monoisotopic (exact) mass is 169 g/mol. The number of rotatable bonds is 1. The van der Waals surface area contributed by atoms with Crippen molar-refractivity contribution in [3.8, 4) is 0 Å². The van der Waals surface area contributed by atoms with Gasteiger partial charge in [0, 0.05) is 11.6 Å². The number of aromatic nitrogens is 1. The molecule has 0 atom stereocenters. The third-order valence-corrected chi connectivity index (χ3v) is 2.08. The first kappa shape index (κ1) is 7.99. The van der Waals surface area contributed by atoms with E-state index in [1.165, 1.54) is 10.8 Å². The molecule has 1 heteroatoms. The zero-order chi connectivity index (χ0) is 9.26. The average Bonchev–Trinajstić information content (AvgIpc) is 2.17. The standard InChI is InChI=1S/C12H11N/c1-9(2)12-11-6-4-3-5-10(11)7-8-13-12/h3-8H,1H2,2H3. The van der Waals surface area contributed by atoms with Crippen molar-refractivity contribution >= 4 is 16.3 Å². The molecule has 0 unspecified atom stereocenters. The van der Waals surface area contributed by atoms with Gasteiger partial charge in [0.1, 0.15) is 0 Å². The Morgan fingerprint density at radius 3 is 2.77 bits per heavy atom. The van der Waals surface area contributed by atoms with Crippen LogP contribution in [0.3, 0.4) is 0 Å². The van der Waals surface area contributed by atoms with Gasteiger partial charge in [-0.05, 0) is 23.9 Å². The first-order chi connectivity index (χ1) is 6.29. The number of benzene rings is 1. The third-order valence-electron chi connectivity index (χ3n) is 2.08. The maximum Gasteiger partial charge on any atom is 0.0731 e. The minimum Gasteiger partial charge on any atom is -0.256 e. The Bertz CT molecular complexity index is 452. The van der Waals surface area contributed by atoms with E-state index in [4.69, 9.17) is 0 Å². The first-order valence-electron chi connectivity index (χ1n) is 4.28. The van der Waals surface area contributed by atoms with Crippen LogP contribution in [0.25, 0.3) is 16.3 Å². The second-order valence-corrected chi connectivity index (χ2v) is 3.16. The van der Waals surface area contributed by atoms with Gasteiger partial charge < -0.3 is 0 Å². The highest BCUT2D eigenvalue weighted by Gasteiger charge is 2.00. The highest BCUT2D eigenvalue weighted by atomic mass is 14.7. The van der Waals surface area contributed by atoms with Gasteiger partial charge in [-0.2, -0.15) is 0 Å². The molecule has 64 valence electrons. The van der Waals surface area contributed by atoms with E-state index < -0.39 is 0 Å². The molecule has 0 N–H and O–H groups in total. The summed E-state index contributed by atoms with van der Waals surface area (Å²) in [6.07, 6.45) is 1.83. The Labute approximate surface area is 77.7 Å². The summed E-state index contributed by atoms with van der Waals surface area (Å²) < 4.78 is 0. The highest BCUT2D eigenvalue weighted by molar-refractivity contribution is 5.91. The normalized spacial score (nSPS) is 10.2. The smallest absolute Gasteiger partial charge is 0.0731 e. The van der Waals surface area contributed by atoms with Gasteiger partial charge in [-0.25, -0.2) is 0 Å². The summed E-state index contributed by atoms with van der Waals surface area (Å²) in [4.78, 5) is 4.31. The molecule has 0 aliphatic rings. The van der Waals surface area contributed by atoms with Crippen LogP contribution in [-0.2, 0) is 0 Å². The van der Waals surface area contributed by atoms with Crippen molar-refractivity contribution in [3.05, 3.63) is 48.8 Å². The van der Waals surface area contributed by atoms with Crippen molar-refractivity contribution in [1.82, 2.24) is 4.98 Å². The summed E-state index contributed by atoms with van der Waals surface area (Å²) in [7, 11) is 0. The summed E-state index contributed by atoms with van der Waals surface area (Å²) in [5.41, 5.74) is 2.01. The summed E-state index contributed by atoms with van der Waals surface area (Å²) in [5, 5.41) is 2.40. The van der Waals surface area contributed by atoms with Gasteiger partial charge in [0.2, 0.25) is 0 Å². The fourth-order valence-corrected chi connectivity index (χ4v) is 1.46. The Morgan fingerprint density at radius 1 is 1.23 bits per heavy atom. The van der Waals surface area contributed by atoms with Gasteiger partial charge >= 0.3 is 0 Å². The summed E-state index contributed by atoms with van der Waals surface area (Å²) in [6, 6.07) is 10.2. The molecule has 0 radical (unpaired) electrons. The van der Waals surface area contributed by atoms with Crippen molar-refractivity contribution in [3.63, 3.8) is 0 Å². The minimum atomic E-state index is 0.998. The van der Waals surface area contributed by atoms with Crippen molar-refractivity contribution in [2.75, 3.05) is 0 Å². The zero-order valence-electron chi connectivity index (χ0n) is 7.62. The molecule has 0 spiro atoms. The maximum atomic E-state index is 4.31. The summed E-state index contributed by atoms with van der Waals surface area (Å²) in [5.74, 6) is 0. The second kappa shape index (κ2) is 3.02. The van der Waals surface area contributed by atoms with E-state index in [1.54, 1.807) is 0 Å². The van der Waals surface area contributed by atoms with Crippen molar-refractivity contribution in [2.45, 2.75) is 6.92 Å². The number of hydrogen-bond acceptors (Lipinski definition) is 1. The van der Waals surface area contributed by atoms with E-state index in [2.05, 4.69) is 23.7 Å². The molecule has 1 aromatic carbocycles. The summed E-state index contributed by atoms with van der Waals surface area (Å²) >= 11 is 0. The molecular formula is C12H11N. The number of pyridine rings is 1. The molecule has 1 nitrogen and oxygen atoms in total. The maximum absolute atomic E-state index is 4.31. The van der Waals surface area contributed by atoms with Gasteiger partial charge in [-0.3, -0.25) is 4.98 Å². The molecule has 1 aromatic heterocycles. The quantitative estimate of drug-likeness (QED) is 0.638. The van der Waals surface area contributed by atoms with Crippen LogP contribution in [-0.4, -0.2) is 4.98 Å². The van der Waals surface area contributed by atoms with E-state index in [0.717, 1.165) is 11.3 Å². The molecule has 0 bridgehead atoms. The Kier molecular flexibility index (Phi) is 1.85. The fourth-order valence-electron chi connectivity index (χ4n) is 1.46. The predicted molar refractivity (Wildman–Crippen MR) is 56.5 cm³/mol. The SMILES string of the molecule is C=C(C)c1nccc2ccccc12. The average molecular weight is 169 g/mol. The molecule has 0 saturated heterocycles. The van der Waals surface area contributed by atoms with Gasteiger partial charge in [0.25, 0.3) is 0 Å². The van der Waals surface area contributed by atoms with E-state index in [9.17, 15) is 0 Å². The second-order valence-electron chi connectivity index (χ2n) is 3.16. The van der Waals surface area contributed by atoms with E-state index in [1.807, 2.05) is 31.3 Å². The van der Waals surface area contributed by atoms with Crippen LogP contribution in [0, 0.1) is 0 Å². The number of hydrogen-bond donors (Lipinski definition) is 0. The van der Waals surface area contributed by atoms with Crippen molar-refractivity contribution in [2.24, 2.45) is 0 Å². The van der Waals surface area contributed by atoms with E-state index in [-0.39, 0.29) is 0 Å². The molecule has 13 heavy (non-hydrogen) atoms. The zero-order valence-corrected chi connectivity index (χ0v) is 7.62. The molecule has 1 heterocycles. The number of allylic oxidation sites excluding steroid dienone is 1. The molecule has 0 fully saturated rings. The van der Waals surface area contributed by atoms with Crippen LogP contribution in [0.4, 0.5) is 0 Å². The lowest BCUT2D eigenvalue weighted by atomic mass is 10.1. The molecule has 0 amide bonds. The summed E-state index contributed by atoms with van der Waals surface area (Å²) in [6.45, 7) is 5.89.